The summed E-state index contributed by atoms with van der Waals surface area (Å²) in [5, 5.41) is 23.1. The highest BCUT2D eigenvalue weighted by atomic mass is 19.1. The second kappa shape index (κ2) is 37.6. The van der Waals surface area contributed by atoms with Gasteiger partial charge in [-0.2, -0.15) is 0 Å². The monoisotopic (exact) mass is 1280 g/mol. The minimum Gasteiger partial charge on any atom is -0.460 e. The first kappa shape index (κ1) is 81.3. The van der Waals surface area contributed by atoms with Gasteiger partial charge in [-0.1, -0.05) is 103 Å². The molecule has 11 amide bonds. The zero-order valence-electron chi connectivity index (χ0n) is 58.2. The number of hydrogen-bond acceptors (Lipinski definition) is 14. The van der Waals surface area contributed by atoms with Crippen LogP contribution in [-0.2, 0) is 62.3 Å². The lowest BCUT2D eigenvalue weighted by atomic mass is 9.91. The molecule has 1 saturated heterocycles. The summed E-state index contributed by atoms with van der Waals surface area (Å²) in [7, 11) is 9.61. The third-order valence-corrected chi connectivity index (χ3v) is 16.4. The number of rotatable bonds is 18. The van der Waals surface area contributed by atoms with Crippen LogP contribution in [0.1, 0.15) is 149 Å². The van der Waals surface area contributed by atoms with Crippen LogP contribution in [0.25, 0.3) is 0 Å². The van der Waals surface area contributed by atoms with Gasteiger partial charge in [-0.15, -0.1) is 0 Å². The minimum absolute atomic E-state index is 0.0553. The molecule has 0 aliphatic carbocycles. The third-order valence-electron chi connectivity index (χ3n) is 16.4. The molecule has 514 valence electrons. The van der Waals surface area contributed by atoms with Crippen LogP contribution < -0.4 is 21.3 Å². The fourth-order valence-corrected chi connectivity index (χ4v) is 10.9. The van der Waals surface area contributed by atoms with E-state index in [-0.39, 0.29) is 62.2 Å². The van der Waals surface area contributed by atoms with Crippen LogP contribution in [-0.4, -0.2) is 246 Å². The summed E-state index contributed by atoms with van der Waals surface area (Å²) in [6, 6.07) is -13.0. The number of aliphatic hydroxyl groups excluding tert-OH is 1. The lowest BCUT2D eigenvalue weighted by Crippen LogP contribution is -2.63. The highest BCUT2D eigenvalue weighted by Gasteiger charge is 2.46. The summed E-state index contributed by atoms with van der Waals surface area (Å²) in [5.41, 5.74) is 0. The Labute approximate surface area is 535 Å². The summed E-state index contributed by atoms with van der Waals surface area (Å²) in [5.74, 6) is -11.7. The molecule has 0 bridgehead atoms. The molecule has 0 aromatic carbocycles. The SMILES string of the molecule is CC[C@H]1NC(=O)[C@H]([C@H](O)[C@H](C)C/C=C/C(=O)OCCF)N(C)C(=O)[C@@H](C(C)C)N(C)C(=O)[C@H](CC(C)C)N(C)C(=O)[C@H](CC(C)C)N(C)C(=O)[C@H](C)NC(=O)[C@@H](C)NC(=O)[C@@H](CC(C)C)N(C)C(=O)[C@H](C(C)C)NC(=O)[C@H](CC(C)C)N(C)C(=O)CN(C)C1=O. The zero-order chi connectivity index (χ0) is 69.7. The number of nitrogens with one attached hydrogen (secondary N) is 4. The van der Waals surface area contributed by atoms with Crippen LogP contribution in [0.3, 0.4) is 0 Å². The Kier molecular flexibility index (Phi) is 33.9. The largest absolute Gasteiger partial charge is 0.460 e. The Morgan fingerprint density at radius 3 is 1.42 bits per heavy atom. The Balaban J connectivity index is 4.37. The molecule has 5 N–H and O–H groups in total. The number of ether oxygens (including phenoxy) is 1. The van der Waals surface area contributed by atoms with Gasteiger partial charge in [0, 0.05) is 55.4 Å². The first-order valence-electron chi connectivity index (χ1n) is 31.7. The molecule has 0 saturated carbocycles. The summed E-state index contributed by atoms with van der Waals surface area (Å²) in [4.78, 5) is 181. The van der Waals surface area contributed by atoms with Crippen molar-refractivity contribution in [1.82, 2.24) is 55.6 Å². The fourth-order valence-electron chi connectivity index (χ4n) is 10.9. The number of esters is 1. The summed E-state index contributed by atoms with van der Waals surface area (Å²) in [6.07, 6.45) is 1.00. The first-order valence-corrected chi connectivity index (χ1v) is 31.7. The Hall–Kier alpha value is -6.73. The van der Waals surface area contributed by atoms with Gasteiger partial charge in [0.1, 0.15) is 73.7 Å². The number of carbonyl (C=O) groups is 12. The van der Waals surface area contributed by atoms with Crippen molar-refractivity contribution < 1.29 is 71.8 Å². The van der Waals surface area contributed by atoms with Crippen LogP contribution in [0.15, 0.2) is 12.2 Å². The molecule has 90 heavy (non-hydrogen) atoms. The lowest BCUT2D eigenvalue weighted by Gasteiger charge is -2.41. The number of aliphatic hydroxyl groups is 1. The number of carbonyl (C=O) groups excluding carboxylic acids is 12. The maximum Gasteiger partial charge on any atom is 0.330 e. The van der Waals surface area contributed by atoms with Crippen molar-refractivity contribution in [3.63, 3.8) is 0 Å². The van der Waals surface area contributed by atoms with Gasteiger partial charge in [0.05, 0.1) is 12.6 Å². The minimum atomic E-state index is -1.78. The van der Waals surface area contributed by atoms with E-state index in [2.05, 4.69) is 21.3 Å². The van der Waals surface area contributed by atoms with Crippen molar-refractivity contribution >= 4 is 70.9 Å². The number of likely N-dealkylation sites (N-methyl/N-ethyl adjacent to an activating group) is 7. The van der Waals surface area contributed by atoms with Gasteiger partial charge in [0.15, 0.2) is 0 Å². The van der Waals surface area contributed by atoms with E-state index in [1.54, 1.807) is 41.5 Å². The molecule has 12 atom stereocenters. The predicted molar refractivity (Wildman–Crippen MR) is 340 cm³/mol. The molecule has 0 unspecified atom stereocenters. The van der Waals surface area contributed by atoms with Gasteiger partial charge in [0.2, 0.25) is 65.0 Å². The average Bonchev–Trinajstić information content (AvgIpc) is 1.04. The van der Waals surface area contributed by atoms with Gasteiger partial charge in [0.25, 0.3) is 0 Å². The van der Waals surface area contributed by atoms with E-state index in [0.29, 0.717) is 0 Å². The van der Waals surface area contributed by atoms with Crippen molar-refractivity contribution in [1.29, 1.82) is 0 Å². The molecule has 1 aliphatic rings. The highest BCUT2D eigenvalue weighted by Crippen LogP contribution is 2.26. The molecule has 0 radical (unpaired) electrons. The molecule has 1 aliphatic heterocycles. The summed E-state index contributed by atoms with van der Waals surface area (Å²) < 4.78 is 17.5. The number of nitrogens with zero attached hydrogens (tertiary/aromatic N) is 7. The Morgan fingerprint density at radius 1 is 0.522 bits per heavy atom. The molecular formula is C64H112FN11O14. The molecular weight excluding hydrogens is 1170 g/mol. The van der Waals surface area contributed by atoms with E-state index >= 15 is 9.59 Å². The Bertz CT molecular complexity index is 2490. The van der Waals surface area contributed by atoms with Gasteiger partial charge >= 0.3 is 5.97 Å². The molecule has 25 nitrogen and oxygen atoms in total. The maximum absolute atomic E-state index is 15.2. The lowest BCUT2D eigenvalue weighted by molar-refractivity contribution is -0.157. The first-order chi connectivity index (χ1) is 41.6. The topological polar surface area (TPSA) is 305 Å². The number of hydrogen-bond donors (Lipinski definition) is 5. The summed E-state index contributed by atoms with van der Waals surface area (Å²) in [6.45, 7) is 25.5. The van der Waals surface area contributed by atoms with Crippen molar-refractivity contribution in [2.24, 2.45) is 41.4 Å². The van der Waals surface area contributed by atoms with Crippen LogP contribution >= 0.6 is 0 Å². The van der Waals surface area contributed by atoms with E-state index in [1.807, 2.05) is 55.4 Å². The smallest absolute Gasteiger partial charge is 0.330 e. The molecule has 26 heteroatoms. The number of amides is 11. The van der Waals surface area contributed by atoms with Crippen molar-refractivity contribution in [3.05, 3.63) is 12.2 Å². The number of alkyl halides is 1. The normalized spacial score (nSPS) is 26.0. The van der Waals surface area contributed by atoms with E-state index in [9.17, 15) is 57.4 Å². The van der Waals surface area contributed by atoms with E-state index in [4.69, 9.17) is 4.74 Å². The quantitative estimate of drug-likeness (QED) is 0.0975. The van der Waals surface area contributed by atoms with Crippen molar-refractivity contribution in [2.75, 3.05) is 69.2 Å². The highest BCUT2D eigenvalue weighted by molar-refractivity contribution is 5.99. The zero-order valence-corrected chi connectivity index (χ0v) is 58.2. The van der Waals surface area contributed by atoms with Crippen LogP contribution in [0, 0.1) is 41.4 Å². The average molecular weight is 1280 g/mol. The van der Waals surface area contributed by atoms with Crippen LogP contribution in [0.5, 0.6) is 0 Å². The Morgan fingerprint density at radius 2 is 0.956 bits per heavy atom. The van der Waals surface area contributed by atoms with E-state index in [1.165, 1.54) is 93.8 Å². The molecule has 1 rings (SSSR count). The van der Waals surface area contributed by atoms with Gasteiger partial charge in [-0.05, 0) is 93.8 Å². The molecule has 1 heterocycles. The molecule has 0 spiro atoms. The molecule has 0 aromatic rings. The van der Waals surface area contributed by atoms with Crippen LogP contribution in [0.4, 0.5) is 4.39 Å². The van der Waals surface area contributed by atoms with Gasteiger partial charge < -0.3 is 65.4 Å². The second-order valence-corrected chi connectivity index (χ2v) is 26.8. The summed E-state index contributed by atoms with van der Waals surface area (Å²) >= 11 is 0. The standard InChI is InChI=1S/C64H112FN11O14/c1-24-44-60(85)70(17)34-49(77)71(18)45(30-35(2)3)57(82)69-51(39(10)11)63(88)72(19)46(31-36(4)5)56(81)66-42(15)55(80)67-43(16)59(84)73(20)47(32-37(6)7)61(86)74(21)48(33-38(8)9)62(87)75(22)52(40(12)13)64(89)76(23)53(58(83)68-44)54(79)41(14)26-25-27-50(78)90-29-28-65/h25,27,35-48,51-54,79H,24,26,28-34H2,1-23H3,(H,66,81)(H,67,80)(H,68,83)(H,69,82)/b27-25+/t41-,42-,43+,44-,45+,46-,47+,48+,51+,52-,53+,54-/m1/s1. The van der Waals surface area contributed by atoms with Crippen molar-refractivity contribution in [2.45, 2.75) is 216 Å². The van der Waals surface area contributed by atoms with Gasteiger partial charge in [-0.3, -0.25) is 52.7 Å². The van der Waals surface area contributed by atoms with E-state index < -0.39 is 175 Å². The van der Waals surface area contributed by atoms with Crippen molar-refractivity contribution in [3.8, 4) is 0 Å². The second-order valence-electron chi connectivity index (χ2n) is 26.8. The molecule has 0 aromatic heterocycles. The molecule has 1 fully saturated rings. The predicted octanol–water partition coefficient (Wildman–Crippen LogP) is 2.76. The van der Waals surface area contributed by atoms with E-state index in [0.717, 1.165) is 15.9 Å². The third kappa shape index (κ3) is 23.5. The maximum atomic E-state index is 15.2. The fraction of sp³-hybridized carbons (Fsp3) is 0.781. The number of allylic oxidation sites excluding steroid dienone is 1. The van der Waals surface area contributed by atoms with Gasteiger partial charge in [-0.25, -0.2) is 9.18 Å². The van der Waals surface area contributed by atoms with Crippen LogP contribution in [0.2, 0.25) is 0 Å². The number of halogens is 1.